The van der Waals surface area contributed by atoms with Crippen LogP contribution in [0.4, 0.5) is 10.3 Å². The average molecular weight is 622 g/mol. The van der Waals surface area contributed by atoms with Crippen molar-refractivity contribution >= 4 is 41.6 Å². The molecule has 4 aromatic rings. The van der Waals surface area contributed by atoms with Crippen LogP contribution >= 0.6 is 19.4 Å². The van der Waals surface area contributed by atoms with Crippen molar-refractivity contribution in [3.05, 3.63) is 76.1 Å². The first-order valence-electron chi connectivity index (χ1n) is 12.5. The number of fused-ring (bicyclic) bond motifs is 1. The quantitative estimate of drug-likeness (QED) is 0.146. The minimum atomic E-state index is -3.86. The Bertz CT molecular complexity index is 1630. The molecule has 0 saturated heterocycles. The molecule has 0 aliphatic rings. The molecule has 1 unspecified atom stereocenters. The molecule has 0 fully saturated rings. The van der Waals surface area contributed by atoms with E-state index in [0.717, 1.165) is 11.8 Å². The number of ether oxygens (including phenoxy) is 3. The number of halogens is 1. The van der Waals surface area contributed by atoms with Crippen LogP contribution in [0, 0.1) is 5.82 Å². The second-order valence-corrected chi connectivity index (χ2v) is 11.7. The molecule has 2 aromatic heterocycles. The van der Waals surface area contributed by atoms with Crippen LogP contribution in [0.2, 0.25) is 0 Å². The van der Waals surface area contributed by atoms with E-state index in [2.05, 4.69) is 15.0 Å². The second-order valence-electron chi connectivity index (χ2n) is 8.65. The Morgan fingerprint density at radius 3 is 2.62 bits per heavy atom. The van der Waals surface area contributed by atoms with E-state index in [1.807, 2.05) is 0 Å². The van der Waals surface area contributed by atoms with Crippen LogP contribution in [0.1, 0.15) is 15.9 Å². The maximum absolute atomic E-state index is 14.1. The molecule has 4 rings (SSSR count). The van der Waals surface area contributed by atoms with E-state index in [4.69, 9.17) is 29.0 Å². The summed E-state index contributed by atoms with van der Waals surface area (Å²) >= 11 is 0.993. The van der Waals surface area contributed by atoms with Crippen molar-refractivity contribution in [2.75, 3.05) is 45.3 Å². The van der Waals surface area contributed by atoms with Gasteiger partial charge in [-0.3, -0.25) is 19.1 Å². The van der Waals surface area contributed by atoms with Crippen LogP contribution in [0.3, 0.4) is 0 Å². The Balaban J connectivity index is 1.35. The number of aromatic amines is 1. The molecule has 0 bridgehead atoms. The van der Waals surface area contributed by atoms with E-state index in [9.17, 15) is 18.5 Å². The molecule has 3 N–H and O–H groups in total. The van der Waals surface area contributed by atoms with Crippen LogP contribution < -0.4 is 20.8 Å². The number of aromatic nitrogens is 4. The fraction of sp³-hybridized carbons (Fsp3) is 0.308. The molecule has 42 heavy (non-hydrogen) atoms. The molecule has 0 aliphatic heterocycles. The summed E-state index contributed by atoms with van der Waals surface area (Å²) in [7, 11) is -0.981. The van der Waals surface area contributed by atoms with Gasteiger partial charge in [-0.05, 0) is 42.0 Å². The van der Waals surface area contributed by atoms with Gasteiger partial charge < -0.3 is 33.6 Å². The van der Waals surface area contributed by atoms with E-state index in [0.29, 0.717) is 16.9 Å². The molecule has 0 spiro atoms. The van der Waals surface area contributed by atoms with E-state index in [1.165, 1.54) is 32.7 Å². The number of anilines is 1. The van der Waals surface area contributed by atoms with Crippen molar-refractivity contribution in [1.29, 1.82) is 0 Å². The van der Waals surface area contributed by atoms with Gasteiger partial charge in [-0.2, -0.15) is 4.98 Å². The maximum atomic E-state index is 14.1. The lowest BCUT2D eigenvalue weighted by Crippen LogP contribution is -2.13. The number of imidazole rings is 1. The van der Waals surface area contributed by atoms with E-state index < -0.39 is 25.3 Å². The molecule has 0 saturated carbocycles. The molecule has 1 atom stereocenters. The molecule has 16 heteroatoms. The first kappa shape index (κ1) is 31.2. The first-order valence-corrected chi connectivity index (χ1v) is 15.2. The number of carbonyl (C=O) groups is 1. The number of nitrogens with two attached hydrogens (primary N) is 1. The summed E-state index contributed by atoms with van der Waals surface area (Å²) in [5, 5.41) is -0.192. The fourth-order valence-corrected chi connectivity index (χ4v) is 5.75. The molecule has 2 aromatic carbocycles. The Labute approximate surface area is 244 Å². The smallest absolute Gasteiger partial charge is 0.356 e. The molecular formula is C26H29FN5O8PS. The zero-order chi connectivity index (χ0) is 30.1. The van der Waals surface area contributed by atoms with Crippen molar-refractivity contribution in [3.8, 4) is 11.5 Å². The van der Waals surface area contributed by atoms with Gasteiger partial charge in [-0.1, -0.05) is 17.8 Å². The highest BCUT2D eigenvalue weighted by molar-refractivity contribution is 8.14. The predicted molar refractivity (Wildman–Crippen MR) is 154 cm³/mol. The lowest BCUT2D eigenvalue weighted by atomic mass is 10.2. The van der Waals surface area contributed by atoms with Crippen LogP contribution in [-0.2, 0) is 31.5 Å². The number of rotatable bonds is 15. The maximum Gasteiger partial charge on any atom is 0.356 e. The number of hydrogen-bond donors (Lipinski definition) is 2. The summed E-state index contributed by atoms with van der Waals surface area (Å²) in [4.78, 5) is 34.9. The lowest BCUT2D eigenvalue weighted by molar-refractivity contribution is 0.108. The highest BCUT2D eigenvalue weighted by Crippen LogP contribution is 2.49. The number of nitrogen functional groups attached to an aromatic ring is 1. The molecule has 224 valence electrons. The zero-order valence-electron chi connectivity index (χ0n) is 22.8. The molecule has 0 aliphatic carbocycles. The van der Waals surface area contributed by atoms with Crippen LogP contribution in [0.15, 0.2) is 53.6 Å². The zero-order valence-corrected chi connectivity index (χ0v) is 24.5. The van der Waals surface area contributed by atoms with Crippen LogP contribution in [-0.4, -0.2) is 64.2 Å². The van der Waals surface area contributed by atoms with Crippen molar-refractivity contribution < 1.29 is 37.0 Å². The largest absolute Gasteiger partial charge is 0.497 e. The van der Waals surface area contributed by atoms with Gasteiger partial charge in [-0.15, -0.1) is 0 Å². The monoisotopic (exact) mass is 621 g/mol. The molecule has 2 heterocycles. The molecular weight excluding hydrogens is 592 g/mol. The Morgan fingerprint density at radius 2 is 1.90 bits per heavy atom. The molecule has 0 radical (unpaired) electrons. The van der Waals surface area contributed by atoms with Crippen LogP contribution in [0.25, 0.3) is 11.2 Å². The average Bonchev–Trinajstić information content (AvgIpc) is 3.39. The normalized spacial score (nSPS) is 12.7. The standard InChI is InChI=1S/C26H29FN5O8PS/c1-36-19-6-4-18(5-7-19)25(34)42-12-11-39-41(35,40-14-17-3-8-21(37-2)20(27)13-17)16-38-10-9-32-15-29-22-23(32)30-26(28)31-24(22)33/h3-8,13,15H,9-12,14,16H2,1-2H3,(H3,28,30,31,33). The summed E-state index contributed by atoms with van der Waals surface area (Å²) in [6, 6.07) is 10.9. The number of carbonyl (C=O) groups excluding carboxylic acids is 1. The highest BCUT2D eigenvalue weighted by Gasteiger charge is 2.26. The number of nitrogens with zero attached hydrogens (tertiary/aromatic N) is 3. The Morgan fingerprint density at radius 1 is 1.12 bits per heavy atom. The minimum Gasteiger partial charge on any atom is -0.497 e. The number of H-pyrrole nitrogens is 1. The third-order valence-corrected chi connectivity index (χ3v) is 8.26. The highest BCUT2D eigenvalue weighted by atomic mass is 32.2. The Hall–Kier alpha value is -3.75. The third-order valence-electron chi connectivity index (χ3n) is 5.79. The predicted octanol–water partition coefficient (Wildman–Crippen LogP) is 3.83. The SMILES string of the molecule is COc1ccc(C(=O)SCCOP(=O)(COCCn2cnc3c(=O)[nH]c(N)nc32)OCc2ccc(OC)c(F)c2)cc1. The summed E-state index contributed by atoms with van der Waals surface area (Å²) in [5.74, 6) is 0.229. The van der Waals surface area contributed by atoms with Crippen molar-refractivity contribution in [1.82, 2.24) is 19.5 Å². The number of hydrogen-bond acceptors (Lipinski definition) is 12. The van der Waals surface area contributed by atoms with E-state index >= 15 is 0 Å². The molecule has 0 amide bonds. The van der Waals surface area contributed by atoms with Gasteiger partial charge >= 0.3 is 7.60 Å². The Kier molecular flexibility index (Phi) is 10.7. The van der Waals surface area contributed by atoms with Crippen molar-refractivity contribution in [2.24, 2.45) is 0 Å². The number of thioether (sulfide) groups is 1. The summed E-state index contributed by atoms with van der Waals surface area (Å²) in [6.07, 6.45) is 0.989. The van der Waals surface area contributed by atoms with Gasteiger partial charge in [0.25, 0.3) is 5.56 Å². The van der Waals surface area contributed by atoms with Gasteiger partial charge in [0.2, 0.25) is 11.1 Å². The summed E-state index contributed by atoms with van der Waals surface area (Å²) < 4.78 is 56.1. The van der Waals surface area contributed by atoms with E-state index in [-0.39, 0.29) is 60.1 Å². The second kappa shape index (κ2) is 14.4. The van der Waals surface area contributed by atoms with Gasteiger partial charge in [0.1, 0.15) is 12.1 Å². The summed E-state index contributed by atoms with van der Waals surface area (Å²) in [6.45, 7) is -0.0549. The van der Waals surface area contributed by atoms with Gasteiger partial charge in [0, 0.05) is 17.9 Å². The number of benzene rings is 2. The van der Waals surface area contributed by atoms with Gasteiger partial charge in [0.05, 0.1) is 40.4 Å². The molecule has 13 nitrogen and oxygen atoms in total. The first-order chi connectivity index (χ1) is 20.2. The minimum absolute atomic E-state index is 0.0401. The lowest BCUT2D eigenvalue weighted by Gasteiger charge is -2.19. The topological polar surface area (TPSA) is 170 Å². The van der Waals surface area contributed by atoms with E-state index in [1.54, 1.807) is 34.9 Å². The number of nitrogens with one attached hydrogen (secondary N) is 1. The van der Waals surface area contributed by atoms with Crippen LogP contribution in [0.5, 0.6) is 11.5 Å². The fourth-order valence-electron chi connectivity index (χ4n) is 3.68. The van der Waals surface area contributed by atoms with Crippen molar-refractivity contribution in [3.63, 3.8) is 0 Å². The number of methoxy groups -OCH3 is 2. The van der Waals surface area contributed by atoms with Gasteiger partial charge in [-0.25, -0.2) is 9.37 Å². The third kappa shape index (κ3) is 8.17. The summed E-state index contributed by atoms with van der Waals surface area (Å²) in [5.41, 5.74) is 6.43. The van der Waals surface area contributed by atoms with Crippen molar-refractivity contribution in [2.45, 2.75) is 13.2 Å². The van der Waals surface area contributed by atoms with Gasteiger partial charge in [0.15, 0.2) is 22.7 Å².